The van der Waals surface area contributed by atoms with Gasteiger partial charge in [0, 0.05) is 17.4 Å². The van der Waals surface area contributed by atoms with E-state index in [0.29, 0.717) is 11.8 Å². The summed E-state index contributed by atoms with van der Waals surface area (Å²) in [5, 5.41) is 3.21. The van der Waals surface area contributed by atoms with E-state index < -0.39 is 0 Å². The summed E-state index contributed by atoms with van der Waals surface area (Å²) in [5.41, 5.74) is 5.25. The monoisotopic (exact) mass is 259 g/mol. The molecule has 0 saturated carbocycles. The van der Waals surface area contributed by atoms with Gasteiger partial charge in [0.2, 0.25) is 5.95 Å². The summed E-state index contributed by atoms with van der Waals surface area (Å²) in [6.07, 6.45) is 0. The number of hydrogen-bond acceptors (Lipinski definition) is 6. The molecule has 0 aliphatic rings. The van der Waals surface area contributed by atoms with Gasteiger partial charge in [-0.2, -0.15) is 4.98 Å². The maximum Gasteiger partial charge on any atom is 0.239 e. The van der Waals surface area contributed by atoms with E-state index in [4.69, 9.17) is 10.6 Å². The highest BCUT2D eigenvalue weighted by atomic mass is 16.5. The molecule has 0 aliphatic heterocycles. The molecule has 2 rings (SSSR count). The fourth-order valence-corrected chi connectivity index (χ4v) is 1.80. The lowest BCUT2D eigenvalue weighted by Crippen LogP contribution is -2.11. The van der Waals surface area contributed by atoms with Gasteiger partial charge < -0.3 is 10.1 Å². The number of benzene rings is 1. The zero-order valence-electron chi connectivity index (χ0n) is 11.2. The van der Waals surface area contributed by atoms with Crippen molar-refractivity contribution in [1.82, 2.24) is 9.97 Å². The summed E-state index contributed by atoms with van der Waals surface area (Å²) >= 11 is 0. The van der Waals surface area contributed by atoms with Crippen LogP contribution in [0.2, 0.25) is 0 Å². The summed E-state index contributed by atoms with van der Waals surface area (Å²) in [5.74, 6) is 7.25. The van der Waals surface area contributed by atoms with Crippen molar-refractivity contribution in [3.05, 3.63) is 35.5 Å². The van der Waals surface area contributed by atoms with Gasteiger partial charge in [-0.15, -0.1) is 0 Å². The van der Waals surface area contributed by atoms with Gasteiger partial charge in [-0.25, -0.2) is 10.8 Å². The van der Waals surface area contributed by atoms with Crippen molar-refractivity contribution in [2.24, 2.45) is 5.84 Å². The van der Waals surface area contributed by atoms with Gasteiger partial charge in [0.05, 0.1) is 7.11 Å². The second-order valence-corrected chi connectivity index (χ2v) is 4.17. The van der Waals surface area contributed by atoms with Crippen LogP contribution in [0.1, 0.15) is 11.3 Å². The SMILES string of the molecule is COc1ccc(Nc2cc(C)nc(NN)n2)cc1C. The van der Waals surface area contributed by atoms with Gasteiger partial charge in [-0.3, -0.25) is 5.43 Å². The summed E-state index contributed by atoms with van der Waals surface area (Å²) < 4.78 is 5.23. The van der Waals surface area contributed by atoms with E-state index >= 15 is 0 Å². The van der Waals surface area contributed by atoms with Crippen molar-refractivity contribution in [2.45, 2.75) is 13.8 Å². The van der Waals surface area contributed by atoms with E-state index in [1.54, 1.807) is 7.11 Å². The largest absolute Gasteiger partial charge is 0.496 e. The van der Waals surface area contributed by atoms with Gasteiger partial charge in [0.1, 0.15) is 11.6 Å². The number of nitrogens with one attached hydrogen (secondary N) is 2. The van der Waals surface area contributed by atoms with Gasteiger partial charge >= 0.3 is 0 Å². The van der Waals surface area contributed by atoms with E-state index in [-0.39, 0.29) is 0 Å². The van der Waals surface area contributed by atoms with E-state index in [0.717, 1.165) is 22.7 Å². The maximum atomic E-state index is 5.32. The molecule has 0 fully saturated rings. The fourth-order valence-electron chi connectivity index (χ4n) is 1.80. The third-order valence-corrected chi connectivity index (χ3v) is 2.65. The Labute approximate surface area is 112 Å². The first-order valence-electron chi connectivity index (χ1n) is 5.86. The third kappa shape index (κ3) is 3.11. The zero-order chi connectivity index (χ0) is 13.8. The van der Waals surface area contributed by atoms with Crippen LogP contribution in [-0.4, -0.2) is 17.1 Å². The molecule has 1 heterocycles. The summed E-state index contributed by atoms with van der Waals surface area (Å²) in [6, 6.07) is 7.68. The first-order chi connectivity index (χ1) is 9.12. The number of aromatic nitrogens is 2. The second-order valence-electron chi connectivity index (χ2n) is 4.17. The number of aryl methyl sites for hydroxylation is 2. The molecule has 6 heteroatoms. The molecule has 6 nitrogen and oxygen atoms in total. The highest BCUT2D eigenvalue weighted by molar-refractivity contribution is 5.60. The number of methoxy groups -OCH3 is 1. The first-order valence-corrected chi connectivity index (χ1v) is 5.86. The Morgan fingerprint density at radius 1 is 1.16 bits per heavy atom. The van der Waals surface area contributed by atoms with Crippen LogP contribution in [0.5, 0.6) is 5.75 Å². The standard InChI is InChI=1S/C13H17N5O/c1-8-6-10(4-5-11(8)19-3)16-12-7-9(2)15-13(17-12)18-14/h4-7H,14H2,1-3H3,(H2,15,16,17,18). The van der Waals surface area contributed by atoms with E-state index in [9.17, 15) is 0 Å². The Kier molecular flexibility index (Phi) is 3.82. The number of nitrogen functional groups attached to an aromatic ring is 1. The molecule has 0 aliphatic carbocycles. The number of rotatable bonds is 4. The van der Waals surface area contributed by atoms with Crippen LogP contribution in [0, 0.1) is 13.8 Å². The molecule has 0 spiro atoms. The van der Waals surface area contributed by atoms with Crippen LogP contribution in [0.15, 0.2) is 24.3 Å². The normalized spacial score (nSPS) is 10.1. The zero-order valence-corrected chi connectivity index (χ0v) is 11.2. The summed E-state index contributed by atoms with van der Waals surface area (Å²) in [7, 11) is 1.66. The molecule has 2 aromatic rings. The quantitative estimate of drug-likeness (QED) is 0.576. The third-order valence-electron chi connectivity index (χ3n) is 2.65. The highest BCUT2D eigenvalue weighted by Crippen LogP contribution is 2.23. The van der Waals surface area contributed by atoms with Crippen LogP contribution < -0.4 is 21.3 Å². The van der Waals surface area contributed by atoms with Crippen LogP contribution in [0.25, 0.3) is 0 Å². The van der Waals surface area contributed by atoms with Crippen LogP contribution in [-0.2, 0) is 0 Å². The average molecular weight is 259 g/mol. The predicted octanol–water partition coefficient (Wildman–Crippen LogP) is 2.13. The van der Waals surface area contributed by atoms with Gasteiger partial charge in [-0.1, -0.05) is 0 Å². The second kappa shape index (κ2) is 5.53. The lowest BCUT2D eigenvalue weighted by molar-refractivity contribution is 0.412. The van der Waals surface area contributed by atoms with Crippen LogP contribution in [0.4, 0.5) is 17.5 Å². The topological polar surface area (TPSA) is 85.1 Å². The number of hydrazine groups is 1. The minimum atomic E-state index is 0.382. The van der Waals surface area contributed by atoms with Crippen molar-refractivity contribution < 1.29 is 4.74 Å². The molecule has 4 N–H and O–H groups in total. The number of nitrogens with two attached hydrogens (primary N) is 1. The number of anilines is 3. The molecule has 100 valence electrons. The Bertz CT molecular complexity index is 585. The van der Waals surface area contributed by atoms with E-state index in [1.165, 1.54) is 0 Å². The molecule has 0 amide bonds. The maximum absolute atomic E-state index is 5.32. The van der Waals surface area contributed by atoms with Crippen molar-refractivity contribution in [3.63, 3.8) is 0 Å². The smallest absolute Gasteiger partial charge is 0.239 e. The average Bonchev–Trinajstić information content (AvgIpc) is 2.38. The van der Waals surface area contributed by atoms with Gasteiger partial charge in [0.25, 0.3) is 0 Å². The minimum Gasteiger partial charge on any atom is -0.496 e. The van der Waals surface area contributed by atoms with Crippen LogP contribution >= 0.6 is 0 Å². The summed E-state index contributed by atoms with van der Waals surface area (Å²) in [6.45, 7) is 3.87. The molecule has 0 saturated heterocycles. The van der Waals surface area contributed by atoms with Crippen LogP contribution in [0.3, 0.4) is 0 Å². The Balaban J connectivity index is 2.25. The molecule has 0 radical (unpaired) electrons. The lowest BCUT2D eigenvalue weighted by Gasteiger charge is -2.10. The van der Waals surface area contributed by atoms with Gasteiger partial charge in [-0.05, 0) is 37.6 Å². The molecular formula is C13H17N5O. The summed E-state index contributed by atoms with van der Waals surface area (Å²) in [4.78, 5) is 8.36. The first kappa shape index (κ1) is 13.1. The molecule has 0 bridgehead atoms. The van der Waals surface area contributed by atoms with Crippen molar-refractivity contribution in [3.8, 4) is 5.75 Å². The Morgan fingerprint density at radius 3 is 2.58 bits per heavy atom. The highest BCUT2D eigenvalue weighted by Gasteiger charge is 2.03. The molecule has 0 atom stereocenters. The van der Waals surface area contributed by atoms with E-state index in [2.05, 4.69) is 20.7 Å². The molecular weight excluding hydrogens is 242 g/mol. The minimum absolute atomic E-state index is 0.382. The number of hydrogen-bond donors (Lipinski definition) is 3. The molecule has 19 heavy (non-hydrogen) atoms. The predicted molar refractivity (Wildman–Crippen MR) is 75.6 cm³/mol. The number of ether oxygens (including phenoxy) is 1. The molecule has 1 aromatic carbocycles. The van der Waals surface area contributed by atoms with Crippen molar-refractivity contribution in [2.75, 3.05) is 17.9 Å². The Morgan fingerprint density at radius 2 is 1.95 bits per heavy atom. The fraction of sp³-hybridized carbons (Fsp3) is 0.231. The molecule has 1 aromatic heterocycles. The Hall–Kier alpha value is -2.34. The van der Waals surface area contributed by atoms with Gasteiger partial charge in [0.15, 0.2) is 0 Å². The van der Waals surface area contributed by atoms with Crippen molar-refractivity contribution in [1.29, 1.82) is 0 Å². The lowest BCUT2D eigenvalue weighted by atomic mass is 10.2. The van der Waals surface area contributed by atoms with E-state index in [1.807, 2.05) is 38.1 Å². The van der Waals surface area contributed by atoms with Crippen molar-refractivity contribution >= 4 is 17.5 Å². The number of nitrogens with zero attached hydrogens (tertiary/aromatic N) is 2. The molecule has 0 unspecified atom stereocenters.